The monoisotopic (exact) mass is 448 g/mol. The van der Waals surface area contributed by atoms with E-state index < -0.39 is 0 Å². The number of pyridine rings is 1. The summed E-state index contributed by atoms with van der Waals surface area (Å²) in [4.78, 5) is 12.6. The highest BCUT2D eigenvalue weighted by molar-refractivity contribution is 5.98. The highest BCUT2D eigenvalue weighted by Crippen LogP contribution is 2.33. The number of fused-ring (bicyclic) bond motifs is 2. The summed E-state index contributed by atoms with van der Waals surface area (Å²) in [6.45, 7) is 0.753. The van der Waals surface area contributed by atoms with Crippen molar-refractivity contribution in [1.29, 1.82) is 0 Å². The summed E-state index contributed by atoms with van der Waals surface area (Å²) in [7, 11) is 1.92. The second-order valence-corrected chi connectivity index (χ2v) is 8.21. The van der Waals surface area contributed by atoms with Crippen LogP contribution in [0.25, 0.3) is 55.7 Å². The molecular formula is C27H21FN6. The molecule has 6 aromatic rings. The van der Waals surface area contributed by atoms with Gasteiger partial charge in [0.2, 0.25) is 0 Å². The molecule has 6 nitrogen and oxygen atoms in total. The van der Waals surface area contributed by atoms with E-state index in [1.54, 1.807) is 12.1 Å². The number of aromatic nitrogens is 5. The summed E-state index contributed by atoms with van der Waals surface area (Å²) < 4.78 is 14.5. The molecule has 0 aliphatic heterocycles. The molecule has 3 heterocycles. The van der Waals surface area contributed by atoms with Crippen LogP contribution in [0.4, 0.5) is 4.39 Å². The molecule has 0 saturated carbocycles. The Bertz CT molecular complexity index is 1650. The summed E-state index contributed by atoms with van der Waals surface area (Å²) in [6.07, 6.45) is 3.73. The minimum Gasteiger partial charge on any atom is -0.337 e. The number of imidazole rings is 1. The molecule has 3 aromatic heterocycles. The van der Waals surface area contributed by atoms with Gasteiger partial charge in [-0.3, -0.25) is 10.1 Å². The number of H-pyrrole nitrogens is 2. The molecule has 3 N–H and O–H groups in total. The van der Waals surface area contributed by atoms with Gasteiger partial charge in [-0.15, -0.1) is 0 Å². The van der Waals surface area contributed by atoms with Crippen molar-refractivity contribution in [3.63, 3.8) is 0 Å². The molecule has 0 fully saturated rings. The number of hydrogen-bond donors (Lipinski definition) is 3. The van der Waals surface area contributed by atoms with Crippen LogP contribution in [0.1, 0.15) is 5.56 Å². The van der Waals surface area contributed by atoms with Gasteiger partial charge in [-0.25, -0.2) is 9.37 Å². The van der Waals surface area contributed by atoms with Crippen LogP contribution in [-0.2, 0) is 6.54 Å². The Morgan fingerprint density at radius 3 is 2.65 bits per heavy atom. The van der Waals surface area contributed by atoms with Crippen molar-refractivity contribution < 1.29 is 4.39 Å². The summed E-state index contributed by atoms with van der Waals surface area (Å²) in [5.74, 6) is 0.354. The first-order valence-corrected chi connectivity index (χ1v) is 11.0. The average Bonchev–Trinajstić information content (AvgIpc) is 3.48. The molecule has 3 aromatic carbocycles. The Hall–Kier alpha value is -4.36. The molecule has 34 heavy (non-hydrogen) atoms. The third kappa shape index (κ3) is 3.43. The van der Waals surface area contributed by atoms with E-state index in [-0.39, 0.29) is 5.82 Å². The van der Waals surface area contributed by atoms with Gasteiger partial charge in [-0.05, 0) is 48.5 Å². The van der Waals surface area contributed by atoms with Gasteiger partial charge in [0.1, 0.15) is 11.5 Å². The zero-order valence-electron chi connectivity index (χ0n) is 18.4. The number of aromatic amines is 2. The van der Waals surface area contributed by atoms with Gasteiger partial charge < -0.3 is 10.3 Å². The van der Waals surface area contributed by atoms with Gasteiger partial charge in [-0.1, -0.05) is 36.4 Å². The van der Waals surface area contributed by atoms with E-state index in [9.17, 15) is 4.39 Å². The third-order valence-corrected chi connectivity index (χ3v) is 5.97. The van der Waals surface area contributed by atoms with Gasteiger partial charge >= 0.3 is 0 Å². The fraction of sp³-hybridized carbons (Fsp3) is 0.0741. The molecule has 0 saturated heterocycles. The molecule has 0 aliphatic carbocycles. The van der Waals surface area contributed by atoms with E-state index in [1.807, 2.05) is 49.8 Å². The van der Waals surface area contributed by atoms with Gasteiger partial charge in [-0.2, -0.15) is 5.10 Å². The predicted molar refractivity (Wildman–Crippen MR) is 133 cm³/mol. The largest absolute Gasteiger partial charge is 0.337 e. The number of hydrogen-bond acceptors (Lipinski definition) is 4. The zero-order valence-corrected chi connectivity index (χ0v) is 18.4. The van der Waals surface area contributed by atoms with Crippen LogP contribution in [-0.4, -0.2) is 32.2 Å². The summed E-state index contributed by atoms with van der Waals surface area (Å²) in [5, 5.41) is 11.8. The van der Waals surface area contributed by atoms with Crippen LogP contribution in [0.3, 0.4) is 0 Å². The highest BCUT2D eigenvalue weighted by Gasteiger charge is 2.17. The Balaban J connectivity index is 1.48. The first kappa shape index (κ1) is 20.3. The molecule has 0 aliphatic rings. The molecule has 0 atom stereocenters. The highest BCUT2D eigenvalue weighted by atomic mass is 19.1. The second kappa shape index (κ2) is 8.20. The van der Waals surface area contributed by atoms with E-state index in [2.05, 4.69) is 43.7 Å². The number of nitrogens with one attached hydrogen (secondary N) is 3. The lowest BCUT2D eigenvalue weighted by molar-refractivity contribution is 0.631. The maximum Gasteiger partial charge on any atom is 0.159 e. The van der Waals surface area contributed by atoms with Crippen molar-refractivity contribution in [3.05, 3.63) is 90.5 Å². The van der Waals surface area contributed by atoms with E-state index in [4.69, 9.17) is 4.98 Å². The smallest absolute Gasteiger partial charge is 0.159 e. The van der Waals surface area contributed by atoms with Crippen molar-refractivity contribution >= 4 is 21.9 Å². The molecule has 7 heteroatoms. The average molecular weight is 449 g/mol. The number of nitrogens with zero attached hydrogens (tertiary/aromatic N) is 3. The Kier molecular flexibility index (Phi) is 4.89. The van der Waals surface area contributed by atoms with Gasteiger partial charge in [0, 0.05) is 41.0 Å². The molecule has 0 spiro atoms. The number of rotatable bonds is 5. The van der Waals surface area contributed by atoms with Gasteiger partial charge in [0.15, 0.2) is 5.82 Å². The van der Waals surface area contributed by atoms with Crippen LogP contribution >= 0.6 is 0 Å². The quantitative estimate of drug-likeness (QED) is 0.316. The summed E-state index contributed by atoms with van der Waals surface area (Å²) >= 11 is 0. The lowest BCUT2D eigenvalue weighted by Gasteiger charge is -2.05. The number of para-hydroxylation sites is 1. The maximum atomic E-state index is 14.5. The summed E-state index contributed by atoms with van der Waals surface area (Å²) in [5.41, 5.74) is 7.62. The lowest BCUT2D eigenvalue weighted by Crippen LogP contribution is -2.05. The molecule has 6 rings (SSSR count). The molecular weight excluding hydrogens is 427 g/mol. The van der Waals surface area contributed by atoms with Crippen LogP contribution in [0.15, 0.2) is 79.1 Å². The van der Waals surface area contributed by atoms with Crippen molar-refractivity contribution in [3.8, 4) is 33.8 Å². The second-order valence-electron chi connectivity index (χ2n) is 8.21. The fourth-order valence-electron chi connectivity index (χ4n) is 4.36. The Morgan fingerprint density at radius 1 is 0.882 bits per heavy atom. The van der Waals surface area contributed by atoms with Crippen molar-refractivity contribution in [2.45, 2.75) is 6.54 Å². The number of halogens is 1. The van der Waals surface area contributed by atoms with Crippen LogP contribution < -0.4 is 5.32 Å². The van der Waals surface area contributed by atoms with Gasteiger partial charge in [0.05, 0.1) is 16.6 Å². The topological polar surface area (TPSA) is 82.3 Å². The molecule has 0 bridgehead atoms. The molecule has 0 amide bonds. The van der Waals surface area contributed by atoms with E-state index in [1.165, 1.54) is 6.07 Å². The first-order chi connectivity index (χ1) is 16.7. The normalized spacial score (nSPS) is 11.5. The number of benzene rings is 3. The molecule has 166 valence electrons. The van der Waals surface area contributed by atoms with E-state index >= 15 is 0 Å². The van der Waals surface area contributed by atoms with E-state index in [0.717, 1.165) is 45.2 Å². The fourth-order valence-corrected chi connectivity index (χ4v) is 4.36. The van der Waals surface area contributed by atoms with E-state index in [0.29, 0.717) is 22.6 Å². The van der Waals surface area contributed by atoms with Crippen molar-refractivity contribution in [2.24, 2.45) is 0 Å². The minimum absolute atomic E-state index is 0.275. The lowest BCUT2D eigenvalue weighted by atomic mass is 10.0. The van der Waals surface area contributed by atoms with Crippen LogP contribution in [0, 0.1) is 5.82 Å². The first-order valence-electron chi connectivity index (χ1n) is 11.0. The van der Waals surface area contributed by atoms with Crippen LogP contribution in [0.2, 0.25) is 0 Å². The summed E-state index contributed by atoms with van der Waals surface area (Å²) in [6, 6.07) is 20.8. The molecule has 0 unspecified atom stereocenters. The SMILES string of the molecule is CNCc1cncc(-c2ccc3[nH]nc(-c4nc5c(-c6ccccc6F)cccc5[nH]4)c3c2)c1. The molecule has 0 radical (unpaired) electrons. The Labute approximate surface area is 194 Å². The van der Waals surface area contributed by atoms with Gasteiger partial charge in [0.25, 0.3) is 0 Å². The minimum atomic E-state index is -0.275. The van der Waals surface area contributed by atoms with Crippen molar-refractivity contribution in [2.75, 3.05) is 7.05 Å². The maximum absolute atomic E-state index is 14.5. The zero-order chi connectivity index (χ0) is 23.1. The standard InChI is InChI=1S/C27H21FN6/c1-29-13-16-11-18(15-30-14-16)17-9-10-23-21(12-17)26(34-33-23)27-31-24-8-4-6-20(25(24)32-27)19-5-2-3-7-22(19)28/h2-12,14-15,29H,13H2,1H3,(H,31,32)(H,33,34). The Morgan fingerprint density at radius 2 is 1.76 bits per heavy atom. The predicted octanol–water partition coefficient (Wildman–Crippen LogP) is 5.69. The van der Waals surface area contributed by atoms with Crippen molar-refractivity contribution in [1.82, 2.24) is 30.5 Å². The third-order valence-electron chi connectivity index (χ3n) is 5.97. The van der Waals surface area contributed by atoms with Crippen LogP contribution in [0.5, 0.6) is 0 Å².